The molecule has 0 atom stereocenters. The average molecular weight is 436 g/mol. The molecule has 0 bridgehead atoms. The van der Waals surface area contributed by atoms with E-state index in [1.54, 1.807) is 0 Å². The number of sulfonamides is 1. The fourth-order valence-electron chi connectivity index (χ4n) is 3.90. The normalized spacial score (nSPS) is 20.4. The van der Waals surface area contributed by atoms with E-state index in [4.69, 9.17) is 4.74 Å². The Balaban J connectivity index is 1.50. The molecule has 0 unspecified atom stereocenters. The highest BCUT2D eigenvalue weighted by Crippen LogP contribution is 2.30. The first-order valence-corrected chi connectivity index (χ1v) is 11.5. The fourth-order valence-corrected chi connectivity index (χ4v) is 5.49. The first-order chi connectivity index (χ1) is 13.7. The summed E-state index contributed by atoms with van der Waals surface area (Å²) in [7, 11) is -3.86. The van der Waals surface area contributed by atoms with Gasteiger partial charge in [0.2, 0.25) is 10.0 Å². The van der Waals surface area contributed by atoms with Gasteiger partial charge in [0.05, 0.1) is 11.8 Å². The van der Waals surface area contributed by atoms with Gasteiger partial charge in [-0.1, -0.05) is 12.8 Å². The molecule has 0 amide bonds. The minimum Gasteiger partial charge on any atom is -0.378 e. The zero-order chi connectivity index (χ0) is 21.1. The van der Waals surface area contributed by atoms with Gasteiger partial charge in [-0.3, -0.25) is 0 Å². The third-order valence-electron chi connectivity index (χ3n) is 5.55. The standard InChI is InChI=1S/C19H28F3N3O3S/c1-15-17(7-8-18(23-15)19(20,21)22)29(26,27)25-12-10-24(11-13-25)9-4-14-28-16-5-2-3-6-16/h7-8,16H,2-6,9-14H2,1H3. The van der Waals surface area contributed by atoms with Gasteiger partial charge in [-0.25, -0.2) is 13.4 Å². The summed E-state index contributed by atoms with van der Waals surface area (Å²) in [4.78, 5) is 5.48. The second kappa shape index (κ2) is 9.28. The fraction of sp³-hybridized carbons (Fsp3) is 0.737. The molecule has 0 aromatic carbocycles. The number of nitrogens with zero attached hydrogens (tertiary/aromatic N) is 3. The molecule has 0 radical (unpaired) electrons. The summed E-state index contributed by atoms with van der Waals surface area (Å²) in [6, 6.07) is 1.73. The predicted molar refractivity (Wildman–Crippen MR) is 102 cm³/mol. The molecule has 10 heteroatoms. The monoisotopic (exact) mass is 435 g/mol. The maximum atomic E-state index is 12.8. The highest BCUT2D eigenvalue weighted by Gasteiger charge is 2.35. The Kier molecular flexibility index (Phi) is 7.19. The predicted octanol–water partition coefficient (Wildman–Crippen LogP) is 3.06. The Morgan fingerprint density at radius 3 is 2.38 bits per heavy atom. The van der Waals surface area contributed by atoms with Gasteiger partial charge in [-0.05, 0) is 38.3 Å². The topological polar surface area (TPSA) is 62.7 Å². The quantitative estimate of drug-likeness (QED) is 0.616. The van der Waals surface area contributed by atoms with Crippen molar-refractivity contribution in [3.63, 3.8) is 0 Å². The van der Waals surface area contributed by atoms with Crippen LogP contribution in [0.4, 0.5) is 13.2 Å². The number of aromatic nitrogens is 1. The lowest BCUT2D eigenvalue weighted by Crippen LogP contribution is -2.49. The van der Waals surface area contributed by atoms with E-state index in [1.807, 2.05) is 0 Å². The molecule has 164 valence electrons. The number of aryl methyl sites for hydroxylation is 1. The molecule has 1 aliphatic carbocycles. The van der Waals surface area contributed by atoms with Crippen LogP contribution in [-0.4, -0.2) is 68.0 Å². The lowest BCUT2D eigenvalue weighted by molar-refractivity contribution is -0.141. The largest absolute Gasteiger partial charge is 0.433 e. The molecule has 1 aromatic rings. The smallest absolute Gasteiger partial charge is 0.378 e. The first kappa shape index (κ1) is 22.5. The van der Waals surface area contributed by atoms with Gasteiger partial charge in [-0.2, -0.15) is 17.5 Å². The molecule has 3 rings (SSSR count). The second-order valence-electron chi connectivity index (χ2n) is 7.65. The minimum atomic E-state index is -4.60. The van der Waals surface area contributed by atoms with Crippen LogP contribution in [0.5, 0.6) is 0 Å². The number of pyridine rings is 1. The number of ether oxygens (including phenoxy) is 1. The van der Waals surface area contributed by atoms with Crippen molar-refractivity contribution in [2.24, 2.45) is 0 Å². The molecule has 0 spiro atoms. The lowest BCUT2D eigenvalue weighted by Gasteiger charge is -2.34. The Bertz CT molecular complexity index is 788. The van der Waals surface area contributed by atoms with E-state index >= 15 is 0 Å². The van der Waals surface area contributed by atoms with Crippen LogP contribution >= 0.6 is 0 Å². The summed E-state index contributed by atoms with van der Waals surface area (Å²) in [5.74, 6) is 0. The van der Waals surface area contributed by atoms with Gasteiger partial charge >= 0.3 is 6.18 Å². The van der Waals surface area contributed by atoms with Gasteiger partial charge in [0.15, 0.2) is 0 Å². The highest BCUT2D eigenvalue weighted by atomic mass is 32.2. The Morgan fingerprint density at radius 2 is 1.79 bits per heavy atom. The Labute approximate surface area is 170 Å². The van der Waals surface area contributed by atoms with Crippen LogP contribution in [-0.2, 0) is 20.9 Å². The second-order valence-corrected chi connectivity index (χ2v) is 9.56. The van der Waals surface area contributed by atoms with E-state index in [0.29, 0.717) is 32.3 Å². The molecule has 2 aliphatic rings. The van der Waals surface area contributed by atoms with E-state index in [-0.39, 0.29) is 10.6 Å². The van der Waals surface area contributed by atoms with E-state index < -0.39 is 21.9 Å². The van der Waals surface area contributed by atoms with Crippen molar-refractivity contribution >= 4 is 10.0 Å². The van der Waals surface area contributed by atoms with Gasteiger partial charge < -0.3 is 9.64 Å². The van der Waals surface area contributed by atoms with E-state index in [9.17, 15) is 21.6 Å². The van der Waals surface area contributed by atoms with Crippen molar-refractivity contribution in [1.82, 2.24) is 14.2 Å². The average Bonchev–Trinajstić information content (AvgIpc) is 3.18. The van der Waals surface area contributed by atoms with Gasteiger partial charge in [0, 0.05) is 39.3 Å². The van der Waals surface area contributed by atoms with Crippen molar-refractivity contribution in [2.45, 2.75) is 56.2 Å². The molecule has 0 N–H and O–H groups in total. The Hall–Kier alpha value is -1.23. The minimum absolute atomic E-state index is 0.133. The highest BCUT2D eigenvalue weighted by molar-refractivity contribution is 7.89. The summed E-state index contributed by atoms with van der Waals surface area (Å²) in [6.07, 6.45) is 1.50. The molecule has 2 fully saturated rings. The van der Waals surface area contributed by atoms with Crippen molar-refractivity contribution in [3.8, 4) is 0 Å². The summed E-state index contributed by atoms with van der Waals surface area (Å²) in [6.45, 7) is 4.67. The molecule has 1 aliphatic heterocycles. The maximum Gasteiger partial charge on any atom is 0.433 e. The third-order valence-corrected chi connectivity index (χ3v) is 7.58. The zero-order valence-electron chi connectivity index (χ0n) is 16.6. The molecule has 6 nitrogen and oxygen atoms in total. The van der Waals surface area contributed by atoms with Gasteiger partial charge in [0.1, 0.15) is 10.6 Å². The zero-order valence-corrected chi connectivity index (χ0v) is 17.4. The lowest BCUT2D eigenvalue weighted by atomic mass is 10.3. The SMILES string of the molecule is Cc1nc(C(F)(F)F)ccc1S(=O)(=O)N1CCN(CCCOC2CCCC2)CC1. The van der Waals surface area contributed by atoms with Crippen molar-refractivity contribution in [1.29, 1.82) is 0 Å². The van der Waals surface area contributed by atoms with Crippen molar-refractivity contribution in [3.05, 3.63) is 23.5 Å². The summed E-state index contributed by atoms with van der Waals surface area (Å²) in [5.41, 5.74) is -1.22. The molecule has 1 saturated carbocycles. The van der Waals surface area contributed by atoms with Crippen molar-refractivity contribution < 1.29 is 26.3 Å². The number of rotatable bonds is 7. The van der Waals surface area contributed by atoms with Gasteiger partial charge in [0.25, 0.3) is 0 Å². The molecule has 1 saturated heterocycles. The first-order valence-electron chi connectivity index (χ1n) is 10.1. The maximum absolute atomic E-state index is 12.8. The van der Waals surface area contributed by atoms with Crippen LogP contribution in [0.15, 0.2) is 17.0 Å². The number of alkyl halides is 3. The van der Waals surface area contributed by atoms with Crippen LogP contribution in [0.2, 0.25) is 0 Å². The number of halogens is 3. The third kappa shape index (κ3) is 5.68. The number of piperazine rings is 1. The summed E-state index contributed by atoms with van der Waals surface area (Å²) < 4.78 is 71.2. The van der Waals surface area contributed by atoms with E-state index in [1.165, 1.54) is 24.1 Å². The molecular weight excluding hydrogens is 407 g/mol. The van der Waals surface area contributed by atoms with Crippen LogP contribution in [0, 0.1) is 6.92 Å². The Morgan fingerprint density at radius 1 is 1.14 bits per heavy atom. The molecule has 2 heterocycles. The number of hydrogen-bond acceptors (Lipinski definition) is 5. The molecular formula is C19H28F3N3O3S. The van der Waals surface area contributed by atoms with Crippen molar-refractivity contribution in [2.75, 3.05) is 39.3 Å². The summed E-state index contributed by atoms with van der Waals surface area (Å²) in [5, 5.41) is 0. The molecule has 29 heavy (non-hydrogen) atoms. The van der Waals surface area contributed by atoms with Crippen LogP contribution in [0.25, 0.3) is 0 Å². The van der Waals surface area contributed by atoms with E-state index in [0.717, 1.165) is 44.5 Å². The van der Waals surface area contributed by atoms with Crippen LogP contribution in [0.1, 0.15) is 43.5 Å². The van der Waals surface area contributed by atoms with Gasteiger partial charge in [-0.15, -0.1) is 0 Å². The molecule has 1 aromatic heterocycles. The summed E-state index contributed by atoms with van der Waals surface area (Å²) >= 11 is 0. The van der Waals surface area contributed by atoms with Crippen LogP contribution < -0.4 is 0 Å². The van der Waals surface area contributed by atoms with E-state index in [2.05, 4.69) is 9.88 Å². The van der Waals surface area contributed by atoms with Crippen LogP contribution in [0.3, 0.4) is 0 Å². The number of hydrogen-bond donors (Lipinski definition) is 0.